The summed E-state index contributed by atoms with van der Waals surface area (Å²) in [5.74, 6) is -0.539. The van der Waals surface area contributed by atoms with Gasteiger partial charge < -0.3 is 5.32 Å². The summed E-state index contributed by atoms with van der Waals surface area (Å²) in [6.07, 6.45) is -0.722. The van der Waals surface area contributed by atoms with Gasteiger partial charge in [-0.05, 0) is 12.8 Å². The number of H-pyrrole nitrogens is 1. The number of anilines is 1. The Hall–Kier alpha value is -1.60. The molecule has 1 aliphatic heterocycles. The SMILES string of the molecule is FC(F)(F)c1nc(NC2=NCCCCC2)n[nH]1. The van der Waals surface area contributed by atoms with Crippen LogP contribution in [0, 0.1) is 0 Å². The minimum absolute atomic E-state index is 0.0852. The Morgan fingerprint density at radius 3 is 2.71 bits per heavy atom. The molecule has 0 aromatic carbocycles. The summed E-state index contributed by atoms with van der Waals surface area (Å²) < 4.78 is 36.8. The van der Waals surface area contributed by atoms with Crippen molar-refractivity contribution in [1.82, 2.24) is 15.2 Å². The van der Waals surface area contributed by atoms with E-state index in [1.165, 1.54) is 0 Å². The molecule has 1 aromatic rings. The Balaban J connectivity index is 2.03. The number of alkyl halides is 3. The zero-order valence-corrected chi connectivity index (χ0v) is 9.01. The molecule has 0 amide bonds. The predicted octanol–water partition coefficient (Wildman–Crippen LogP) is 2.21. The maximum Gasteiger partial charge on any atom is 0.451 e. The van der Waals surface area contributed by atoms with Crippen molar-refractivity contribution in [2.24, 2.45) is 4.99 Å². The normalized spacial score (nSPS) is 17.5. The van der Waals surface area contributed by atoms with E-state index >= 15 is 0 Å². The van der Waals surface area contributed by atoms with Crippen LogP contribution in [0.1, 0.15) is 31.5 Å². The molecule has 0 bridgehead atoms. The summed E-state index contributed by atoms with van der Waals surface area (Å²) in [5.41, 5.74) is 0. The Labute approximate surface area is 95.5 Å². The first-order valence-corrected chi connectivity index (χ1v) is 5.35. The van der Waals surface area contributed by atoms with Gasteiger partial charge in [0, 0.05) is 13.0 Å². The molecule has 0 saturated carbocycles. The first-order valence-electron chi connectivity index (χ1n) is 5.35. The van der Waals surface area contributed by atoms with Crippen LogP contribution in [0.4, 0.5) is 19.1 Å². The molecule has 0 aliphatic carbocycles. The standard InChI is InChI=1S/C9H12F3N5/c10-9(11,12)7-15-8(17-16-7)14-6-4-2-1-3-5-13-6/h1-5H2,(H2,13,14,15,16,17). The molecule has 2 rings (SSSR count). The van der Waals surface area contributed by atoms with Crippen molar-refractivity contribution in [3.05, 3.63) is 5.82 Å². The second kappa shape index (κ2) is 4.72. The molecule has 0 atom stereocenters. The lowest BCUT2D eigenvalue weighted by Crippen LogP contribution is -2.13. The summed E-state index contributed by atoms with van der Waals surface area (Å²) in [6.45, 7) is 0.693. The van der Waals surface area contributed by atoms with Crippen molar-refractivity contribution < 1.29 is 13.2 Å². The maximum atomic E-state index is 12.3. The molecule has 2 heterocycles. The third kappa shape index (κ3) is 3.18. The van der Waals surface area contributed by atoms with Gasteiger partial charge in [-0.1, -0.05) is 6.42 Å². The molecule has 0 unspecified atom stereocenters. The number of nitrogens with one attached hydrogen (secondary N) is 2. The van der Waals surface area contributed by atoms with Crippen molar-refractivity contribution in [3.63, 3.8) is 0 Å². The van der Waals surface area contributed by atoms with Gasteiger partial charge in [0.25, 0.3) is 0 Å². The minimum Gasteiger partial charge on any atom is -0.311 e. The van der Waals surface area contributed by atoms with E-state index in [0.717, 1.165) is 25.7 Å². The van der Waals surface area contributed by atoms with E-state index in [0.29, 0.717) is 12.4 Å². The number of nitrogens with zero attached hydrogens (tertiary/aromatic N) is 3. The third-order valence-corrected chi connectivity index (χ3v) is 2.38. The van der Waals surface area contributed by atoms with Crippen LogP contribution in [-0.2, 0) is 6.18 Å². The van der Waals surface area contributed by atoms with E-state index in [4.69, 9.17) is 0 Å². The quantitative estimate of drug-likeness (QED) is 0.799. The number of hydrogen-bond donors (Lipinski definition) is 2. The van der Waals surface area contributed by atoms with Crippen LogP contribution in [0.25, 0.3) is 0 Å². The molecule has 94 valence electrons. The van der Waals surface area contributed by atoms with Crippen molar-refractivity contribution in [2.75, 3.05) is 11.9 Å². The van der Waals surface area contributed by atoms with E-state index in [2.05, 4.69) is 20.4 Å². The molecular formula is C9H12F3N5. The largest absolute Gasteiger partial charge is 0.451 e. The lowest BCUT2D eigenvalue weighted by Gasteiger charge is -2.03. The lowest BCUT2D eigenvalue weighted by molar-refractivity contribution is -0.144. The first-order chi connectivity index (χ1) is 8.05. The maximum absolute atomic E-state index is 12.3. The Kier molecular flexibility index (Phi) is 3.30. The average molecular weight is 247 g/mol. The zero-order valence-electron chi connectivity index (χ0n) is 9.01. The van der Waals surface area contributed by atoms with Crippen molar-refractivity contribution >= 4 is 11.8 Å². The molecular weight excluding hydrogens is 235 g/mol. The zero-order chi connectivity index (χ0) is 12.3. The molecule has 0 saturated heterocycles. The monoisotopic (exact) mass is 247 g/mol. The Bertz CT molecular complexity index is 409. The van der Waals surface area contributed by atoms with Gasteiger partial charge in [-0.3, -0.25) is 10.1 Å². The smallest absolute Gasteiger partial charge is 0.311 e. The van der Waals surface area contributed by atoms with Gasteiger partial charge in [0.1, 0.15) is 5.84 Å². The molecule has 17 heavy (non-hydrogen) atoms. The highest BCUT2D eigenvalue weighted by Gasteiger charge is 2.35. The topological polar surface area (TPSA) is 66.0 Å². The predicted molar refractivity (Wildman–Crippen MR) is 55.8 cm³/mol. The van der Waals surface area contributed by atoms with E-state index in [1.54, 1.807) is 0 Å². The fraction of sp³-hybridized carbons (Fsp3) is 0.667. The highest BCUT2D eigenvalue weighted by Crippen LogP contribution is 2.26. The van der Waals surface area contributed by atoms with Gasteiger partial charge in [0.05, 0.1) is 0 Å². The summed E-state index contributed by atoms with van der Waals surface area (Å²) in [7, 11) is 0. The molecule has 0 fully saturated rings. The van der Waals surface area contributed by atoms with Gasteiger partial charge in [-0.15, -0.1) is 5.10 Å². The second-order valence-corrected chi connectivity index (χ2v) is 3.77. The molecule has 2 N–H and O–H groups in total. The van der Waals surface area contributed by atoms with Crippen molar-refractivity contribution in [3.8, 4) is 0 Å². The summed E-state index contributed by atoms with van der Waals surface area (Å²) in [4.78, 5) is 7.54. The van der Waals surface area contributed by atoms with Crippen LogP contribution in [0.3, 0.4) is 0 Å². The number of aromatic nitrogens is 3. The van der Waals surface area contributed by atoms with Gasteiger partial charge >= 0.3 is 6.18 Å². The Morgan fingerprint density at radius 2 is 2.00 bits per heavy atom. The second-order valence-electron chi connectivity index (χ2n) is 3.77. The Morgan fingerprint density at radius 1 is 1.18 bits per heavy atom. The summed E-state index contributed by atoms with van der Waals surface area (Å²) >= 11 is 0. The molecule has 8 heteroatoms. The van der Waals surface area contributed by atoms with Crippen molar-refractivity contribution in [2.45, 2.75) is 31.9 Å². The average Bonchev–Trinajstić information content (AvgIpc) is 2.56. The molecule has 5 nitrogen and oxygen atoms in total. The van der Waals surface area contributed by atoms with Gasteiger partial charge in [-0.2, -0.15) is 18.2 Å². The number of aromatic amines is 1. The third-order valence-electron chi connectivity index (χ3n) is 2.38. The highest BCUT2D eigenvalue weighted by atomic mass is 19.4. The number of hydrogen-bond acceptors (Lipinski definition) is 4. The van der Waals surface area contributed by atoms with Crippen LogP contribution < -0.4 is 5.32 Å². The fourth-order valence-corrected chi connectivity index (χ4v) is 1.55. The number of amidine groups is 1. The van der Waals surface area contributed by atoms with E-state index in [1.807, 2.05) is 5.10 Å². The van der Waals surface area contributed by atoms with Crippen LogP contribution in [0.2, 0.25) is 0 Å². The molecule has 0 spiro atoms. The van der Waals surface area contributed by atoms with Gasteiger partial charge in [0.15, 0.2) is 0 Å². The summed E-state index contributed by atoms with van der Waals surface area (Å²) in [5, 5.41) is 8.02. The molecule has 1 aliphatic rings. The lowest BCUT2D eigenvalue weighted by atomic mass is 10.2. The van der Waals surface area contributed by atoms with E-state index in [-0.39, 0.29) is 5.95 Å². The molecule has 0 radical (unpaired) electrons. The number of rotatable bonds is 1. The minimum atomic E-state index is -4.50. The molecule has 1 aromatic heterocycles. The van der Waals surface area contributed by atoms with Crippen LogP contribution in [-0.4, -0.2) is 27.6 Å². The first kappa shape index (κ1) is 11.9. The fourth-order valence-electron chi connectivity index (χ4n) is 1.55. The summed E-state index contributed by atoms with van der Waals surface area (Å²) in [6, 6.07) is 0. The van der Waals surface area contributed by atoms with E-state index in [9.17, 15) is 13.2 Å². The van der Waals surface area contributed by atoms with Gasteiger partial charge in [0.2, 0.25) is 11.8 Å². The number of halogens is 3. The van der Waals surface area contributed by atoms with E-state index < -0.39 is 12.0 Å². The van der Waals surface area contributed by atoms with Gasteiger partial charge in [-0.25, -0.2) is 0 Å². The van der Waals surface area contributed by atoms with Crippen LogP contribution in [0.5, 0.6) is 0 Å². The number of aliphatic imine (C=N–C) groups is 1. The van der Waals surface area contributed by atoms with Crippen LogP contribution in [0.15, 0.2) is 4.99 Å². The van der Waals surface area contributed by atoms with Crippen LogP contribution >= 0.6 is 0 Å². The highest BCUT2D eigenvalue weighted by molar-refractivity contribution is 5.94. The van der Waals surface area contributed by atoms with Crippen molar-refractivity contribution in [1.29, 1.82) is 0 Å².